The van der Waals surface area contributed by atoms with Crippen LogP contribution < -0.4 is 10.6 Å². The lowest BCUT2D eigenvalue weighted by atomic mass is 10.2. The lowest BCUT2D eigenvalue weighted by molar-refractivity contribution is 0.262. The minimum absolute atomic E-state index is 0.0505. The Morgan fingerprint density at radius 1 is 1.10 bits per heavy atom. The van der Waals surface area contributed by atoms with Crippen molar-refractivity contribution in [3.05, 3.63) is 57.8 Å². The van der Waals surface area contributed by atoms with Crippen LogP contribution in [0.5, 0.6) is 0 Å². The molecule has 2 rings (SSSR count). The van der Waals surface area contributed by atoms with Crippen molar-refractivity contribution in [2.45, 2.75) is 6.92 Å². The highest BCUT2D eigenvalue weighted by molar-refractivity contribution is 6.31. The number of urea groups is 1. The summed E-state index contributed by atoms with van der Waals surface area (Å²) in [5.74, 6) is -0.536. The molecule has 20 heavy (non-hydrogen) atoms. The number of rotatable bonds is 2. The highest BCUT2D eigenvalue weighted by atomic mass is 35.5. The van der Waals surface area contributed by atoms with Crippen molar-refractivity contribution < 1.29 is 9.18 Å². The van der Waals surface area contributed by atoms with Gasteiger partial charge < -0.3 is 10.6 Å². The molecule has 2 aromatic rings. The monoisotopic (exact) mass is 312 g/mol. The molecule has 0 saturated heterocycles. The summed E-state index contributed by atoms with van der Waals surface area (Å²) in [4.78, 5) is 11.8. The van der Waals surface area contributed by atoms with Crippen molar-refractivity contribution in [3.8, 4) is 0 Å². The standard InChI is InChI=1S/C14H11Cl2FN2O/c1-8-6-9(15)2-5-13(8)19-14(20)18-10-3-4-12(17)11(16)7-10/h2-7H,1H3,(H2,18,19,20). The summed E-state index contributed by atoms with van der Waals surface area (Å²) in [6.07, 6.45) is 0. The van der Waals surface area contributed by atoms with E-state index in [4.69, 9.17) is 23.2 Å². The summed E-state index contributed by atoms with van der Waals surface area (Å²) in [7, 11) is 0. The van der Waals surface area contributed by atoms with Crippen LogP contribution in [-0.4, -0.2) is 6.03 Å². The molecule has 0 fully saturated rings. The average molecular weight is 313 g/mol. The minimum Gasteiger partial charge on any atom is -0.308 e. The first-order valence-electron chi connectivity index (χ1n) is 5.75. The second-order valence-electron chi connectivity index (χ2n) is 4.17. The molecule has 6 heteroatoms. The summed E-state index contributed by atoms with van der Waals surface area (Å²) in [5, 5.41) is 5.79. The van der Waals surface area contributed by atoms with Gasteiger partial charge in [-0.25, -0.2) is 9.18 Å². The van der Waals surface area contributed by atoms with Crippen molar-refractivity contribution in [2.24, 2.45) is 0 Å². The van der Waals surface area contributed by atoms with Crippen molar-refractivity contribution in [2.75, 3.05) is 10.6 Å². The van der Waals surface area contributed by atoms with Gasteiger partial charge in [-0.15, -0.1) is 0 Å². The van der Waals surface area contributed by atoms with Gasteiger partial charge in [0.1, 0.15) is 5.82 Å². The van der Waals surface area contributed by atoms with Crippen LogP contribution in [0, 0.1) is 12.7 Å². The molecule has 0 unspecified atom stereocenters. The highest BCUT2D eigenvalue weighted by Gasteiger charge is 2.07. The Balaban J connectivity index is 2.07. The fourth-order valence-corrected chi connectivity index (χ4v) is 2.03. The van der Waals surface area contributed by atoms with Gasteiger partial charge in [-0.2, -0.15) is 0 Å². The first kappa shape index (κ1) is 14.6. The molecule has 0 atom stereocenters. The molecule has 0 aliphatic heterocycles. The van der Waals surface area contributed by atoms with Gasteiger partial charge in [0.2, 0.25) is 0 Å². The van der Waals surface area contributed by atoms with E-state index < -0.39 is 11.8 Å². The van der Waals surface area contributed by atoms with Gasteiger partial charge >= 0.3 is 6.03 Å². The second kappa shape index (κ2) is 6.11. The topological polar surface area (TPSA) is 41.1 Å². The van der Waals surface area contributed by atoms with E-state index in [1.165, 1.54) is 18.2 Å². The van der Waals surface area contributed by atoms with E-state index in [0.29, 0.717) is 16.4 Å². The van der Waals surface area contributed by atoms with Crippen LogP contribution in [0.2, 0.25) is 10.0 Å². The molecule has 0 aliphatic carbocycles. The zero-order valence-corrected chi connectivity index (χ0v) is 12.0. The minimum atomic E-state index is -0.536. The van der Waals surface area contributed by atoms with Gasteiger partial charge in [0.05, 0.1) is 5.02 Å². The van der Waals surface area contributed by atoms with Crippen LogP contribution in [0.1, 0.15) is 5.56 Å². The van der Waals surface area contributed by atoms with E-state index in [1.54, 1.807) is 18.2 Å². The summed E-state index contributed by atoms with van der Waals surface area (Å²) in [5.41, 5.74) is 1.88. The van der Waals surface area contributed by atoms with E-state index in [2.05, 4.69) is 10.6 Å². The van der Waals surface area contributed by atoms with Gasteiger partial charge in [0.25, 0.3) is 0 Å². The zero-order valence-electron chi connectivity index (χ0n) is 10.5. The Kier molecular flexibility index (Phi) is 4.47. The predicted octanol–water partition coefficient (Wildman–Crippen LogP) is 5.08. The summed E-state index contributed by atoms with van der Waals surface area (Å²) < 4.78 is 13.0. The predicted molar refractivity (Wildman–Crippen MR) is 80.2 cm³/mol. The fourth-order valence-electron chi connectivity index (χ4n) is 1.63. The van der Waals surface area contributed by atoms with Crippen LogP contribution >= 0.6 is 23.2 Å². The molecule has 104 valence electrons. The number of aryl methyl sites for hydroxylation is 1. The molecule has 0 aromatic heterocycles. The Morgan fingerprint density at radius 3 is 2.50 bits per heavy atom. The molecule has 2 aromatic carbocycles. The number of halogens is 3. The third-order valence-electron chi connectivity index (χ3n) is 2.61. The van der Waals surface area contributed by atoms with Crippen LogP contribution in [0.25, 0.3) is 0 Å². The number of hydrogen-bond acceptors (Lipinski definition) is 1. The molecular formula is C14H11Cl2FN2O. The summed E-state index contributed by atoms with van der Waals surface area (Å²) >= 11 is 11.5. The Bertz CT molecular complexity index is 662. The SMILES string of the molecule is Cc1cc(Cl)ccc1NC(=O)Nc1ccc(F)c(Cl)c1. The summed E-state index contributed by atoms with van der Waals surface area (Å²) in [6.45, 7) is 1.83. The van der Waals surface area contributed by atoms with Crippen molar-refractivity contribution in [3.63, 3.8) is 0 Å². The molecule has 0 aliphatic rings. The molecule has 2 amide bonds. The van der Waals surface area contributed by atoms with E-state index in [-0.39, 0.29) is 5.02 Å². The lowest BCUT2D eigenvalue weighted by Crippen LogP contribution is -2.19. The number of carbonyl (C=O) groups excluding carboxylic acids is 1. The van der Waals surface area contributed by atoms with Gasteiger partial charge in [-0.1, -0.05) is 23.2 Å². The van der Waals surface area contributed by atoms with Gasteiger partial charge in [0, 0.05) is 16.4 Å². The van der Waals surface area contributed by atoms with E-state index in [1.807, 2.05) is 6.92 Å². The third kappa shape index (κ3) is 3.62. The summed E-state index contributed by atoms with van der Waals surface area (Å²) in [6, 6.07) is 8.63. The second-order valence-corrected chi connectivity index (χ2v) is 5.01. The maximum absolute atomic E-state index is 13.0. The van der Waals surface area contributed by atoms with Crippen LogP contribution in [0.4, 0.5) is 20.6 Å². The largest absolute Gasteiger partial charge is 0.323 e. The van der Waals surface area contributed by atoms with Crippen molar-refractivity contribution in [1.82, 2.24) is 0 Å². The number of nitrogens with one attached hydrogen (secondary N) is 2. The number of anilines is 2. The Morgan fingerprint density at radius 2 is 1.85 bits per heavy atom. The number of amides is 2. The molecule has 0 heterocycles. The number of benzene rings is 2. The van der Waals surface area contributed by atoms with Crippen LogP contribution in [0.15, 0.2) is 36.4 Å². The third-order valence-corrected chi connectivity index (χ3v) is 3.14. The molecule has 0 saturated carbocycles. The first-order chi connectivity index (χ1) is 9.45. The molecule has 0 bridgehead atoms. The molecule has 0 spiro atoms. The number of hydrogen-bond donors (Lipinski definition) is 2. The van der Waals surface area contributed by atoms with E-state index in [0.717, 1.165) is 5.56 Å². The fraction of sp³-hybridized carbons (Fsp3) is 0.0714. The lowest BCUT2D eigenvalue weighted by Gasteiger charge is -2.10. The average Bonchev–Trinajstić information content (AvgIpc) is 2.37. The molecule has 3 nitrogen and oxygen atoms in total. The maximum atomic E-state index is 13.0. The Labute approximate surface area is 125 Å². The highest BCUT2D eigenvalue weighted by Crippen LogP contribution is 2.21. The van der Waals surface area contributed by atoms with E-state index in [9.17, 15) is 9.18 Å². The smallest absolute Gasteiger partial charge is 0.308 e. The van der Waals surface area contributed by atoms with E-state index >= 15 is 0 Å². The quantitative estimate of drug-likeness (QED) is 0.797. The van der Waals surface area contributed by atoms with Crippen molar-refractivity contribution >= 4 is 40.6 Å². The van der Waals surface area contributed by atoms with Crippen molar-refractivity contribution in [1.29, 1.82) is 0 Å². The Hall–Kier alpha value is -1.78. The normalized spacial score (nSPS) is 10.2. The molecular weight excluding hydrogens is 302 g/mol. The van der Waals surface area contributed by atoms with Crippen LogP contribution in [0.3, 0.4) is 0 Å². The number of carbonyl (C=O) groups is 1. The maximum Gasteiger partial charge on any atom is 0.323 e. The molecule has 0 radical (unpaired) electrons. The van der Waals surface area contributed by atoms with Gasteiger partial charge in [0.15, 0.2) is 0 Å². The van der Waals surface area contributed by atoms with Gasteiger partial charge in [-0.05, 0) is 48.9 Å². The first-order valence-corrected chi connectivity index (χ1v) is 6.50. The van der Waals surface area contributed by atoms with Gasteiger partial charge in [-0.3, -0.25) is 0 Å². The van der Waals surface area contributed by atoms with Crippen LogP contribution in [-0.2, 0) is 0 Å². The molecule has 2 N–H and O–H groups in total. The zero-order chi connectivity index (χ0) is 14.7.